The van der Waals surface area contributed by atoms with Crippen molar-refractivity contribution in [2.75, 3.05) is 19.8 Å². The van der Waals surface area contributed by atoms with E-state index in [0.717, 1.165) is 0 Å². The summed E-state index contributed by atoms with van der Waals surface area (Å²) >= 11 is 0. The number of carbonyl (C=O) groups excluding carboxylic acids is 4. The summed E-state index contributed by atoms with van der Waals surface area (Å²) in [5.41, 5.74) is -0.741. The monoisotopic (exact) mass is 622 g/mol. The predicted molar refractivity (Wildman–Crippen MR) is 162 cm³/mol. The fourth-order valence-electron chi connectivity index (χ4n) is 4.47. The maximum Gasteiger partial charge on any atom is 0.408 e. The first-order valence-corrected chi connectivity index (χ1v) is 15.3. The van der Waals surface area contributed by atoms with Gasteiger partial charge < -0.3 is 39.1 Å². The summed E-state index contributed by atoms with van der Waals surface area (Å²) < 4.78 is 33.4. The predicted octanol–water partition coefficient (Wildman–Crippen LogP) is 4.38. The van der Waals surface area contributed by atoms with Gasteiger partial charge in [-0.2, -0.15) is 0 Å². The number of para-hydroxylation sites is 2. The average molecular weight is 623 g/mol. The maximum absolute atomic E-state index is 13.1. The Kier molecular flexibility index (Phi) is 14.2. The molecule has 0 radical (unpaired) electrons. The molecule has 44 heavy (non-hydrogen) atoms. The molecule has 12 nitrogen and oxygen atoms in total. The zero-order valence-corrected chi connectivity index (χ0v) is 27.5. The van der Waals surface area contributed by atoms with Gasteiger partial charge in [0.05, 0.1) is 18.6 Å². The van der Waals surface area contributed by atoms with Crippen LogP contribution in [0.1, 0.15) is 75.2 Å². The zero-order valence-electron chi connectivity index (χ0n) is 27.5. The Morgan fingerprint density at radius 2 is 1.52 bits per heavy atom. The highest BCUT2D eigenvalue weighted by atomic mass is 16.7. The molecule has 1 aromatic carbocycles. The molecule has 0 saturated carbocycles. The van der Waals surface area contributed by atoms with E-state index in [1.165, 1.54) is 6.92 Å². The fourth-order valence-corrected chi connectivity index (χ4v) is 4.47. The molecule has 1 aliphatic heterocycles. The van der Waals surface area contributed by atoms with Crippen molar-refractivity contribution in [3.8, 4) is 11.5 Å². The van der Waals surface area contributed by atoms with Crippen LogP contribution < -0.4 is 20.1 Å². The molecule has 12 heteroatoms. The Hall–Kier alpha value is -3.54. The summed E-state index contributed by atoms with van der Waals surface area (Å²) in [4.78, 5) is 51.4. The number of carbonyl (C=O) groups is 4. The summed E-state index contributed by atoms with van der Waals surface area (Å²) in [5, 5.41) is 5.24. The second-order valence-electron chi connectivity index (χ2n) is 12.4. The van der Waals surface area contributed by atoms with Crippen LogP contribution in [0.4, 0.5) is 4.79 Å². The Morgan fingerprint density at radius 1 is 0.909 bits per heavy atom. The second-order valence-corrected chi connectivity index (χ2v) is 12.4. The van der Waals surface area contributed by atoms with Gasteiger partial charge in [0.15, 0.2) is 11.5 Å². The molecule has 1 saturated heterocycles. The van der Waals surface area contributed by atoms with Crippen LogP contribution in [0.15, 0.2) is 24.3 Å². The Labute approximate surface area is 260 Å². The summed E-state index contributed by atoms with van der Waals surface area (Å²) in [6, 6.07) is 5.34. The molecule has 1 aliphatic rings. The lowest BCUT2D eigenvalue weighted by Gasteiger charge is -2.30. The van der Waals surface area contributed by atoms with Gasteiger partial charge in [0.2, 0.25) is 12.2 Å². The molecule has 2 amide bonds. The van der Waals surface area contributed by atoms with Gasteiger partial charge in [0.1, 0.15) is 24.3 Å². The standard InChI is InChI=1S/C32H50N2O10/c1-10-39-24-13-11-12-14-25(24)41-18-23-17-22(15-16-40-23)29(36)42-21(6)43-30(37)27(20(4)5)33-28(35)26(19(2)3)34-31(38)44-32(7,8)9/h11-14,19-23,26-27H,10,15-18H2,1-9H3,(H,33,35)(H,34,38)/t21?,22?,23?,26-,27-/m0/s1. The van der Waals surface area contributed by atoms with E-state index in [4.69, 9.17) is 28.4 Å². The lowest BCUT2D eigenvalue weighted by molar-refractivity contribution is -0.192. The van der Waals surface area contributed by atoms with Gasteiger partial charge in [0, 0.05) is 13.5 Å². The number of amides is 2. The van der Waals surface area contributed by atoms with E-state index < -0.39 is 53.8 Å². The SMILES string of the molecule is CCOc1ccccc1OCC1CC(C(=O)OC(C)OC(=O)[C@@H](NC(=O)[C@@H](NC(=O)OC(C)(C)C)C(C)C)C(C)C)CCO1. The van der Waals surface area contributed by atoms with Crippen LogP contribution in [-0.4, -0.2) is 73.8 Å². The highest BCUT2D eigenvalue weighted by molar-refractivity contribution is 5.90. The van der Waals surface area contributed by atoms with E-state index in [1.54, 1.807) is 48.5 Å². The van der Waals surface area contributed by atoms with Gasteiger partial charge in [0.25, 0.3) is 0 Å². The normalized spacial score (nSPS) is 18.9. The molecule has 3 unspecified atom stereocenters. The van der Waals surface area contributed by atoms with E-state index in [0.29, 0.717) is 37.6 Å². The van der Waals surface area contributed by atoms with Crippen molar-refractivity contribution in [2.45, 2.75) is 105 Å². The minimum atomic E-state index is -1.19. The summed E-state index contributed by atoms with van der Waals surface area (Å²) in [6.07, 6.45) is -1.44. The van der Waals surface area contributed by atoms with Crippen LogP contribution in [0, 0.1) is 17.8 Å². The molecule has 0 aromatic heterocycles. The van der Waals surface area contributed by atoms with Crippen molar-refractivity contribution in [3.05, 3.63) is 24.3 Å². The van der Waals surface area contributed by atoms with Gasteiger partial charge in [-0.15, -0.1) is 0 Å². The first kappa shape index (κ1) is 36.7. The van der Waals surface area contributed by atoms with E-state index in [9.17, 15) is 19.2 Å². The third-order valence-corrected chi connectivity index (χ3v) is 6.68. The second kappa shape index (κ2) is 17.1. The van der Waals surface area contributed by atoms with Crippen molar-refractivity contribution >= 4 is 23.9 Å². The smallest absolute Gasteiger partial charge is 0.408 e. The number of nitrogens with one attached hydrogen (secondary N) is 2. The van der Waals surface area contributed by atoms with E-state index >= 15 is 0 Å². The largest absolute Gasteiger partial charge is 0.490 e. The minimum absolute atomic E-state index is 0.230. The van der Waals surface area contributed by atoms with Gasteiger partial charge in [-0.25, -0.2) is 9.59 Å². The molecule has 2 rings (SSSR count). The lowest BCUT2D eigenvalue weighted by Crippen LogP contribution is -2.56. The number of ether oxygens (including phenoxy) is 6. The third kappa shape index (κ3) is 12.2. The Morgan fingerprint density at radius 3 is 2.09 bits per heavy atom. The van der Waals surface area contributed by atoms with Gasteiger partial charge in [-0.1, -0.05) is 39.8 Å². The molecule has 0 aliphatic carbocycles. The summed E-state index contributed by atoms with van der Waals surface area (Å²) in [6.45, 7) is 16.6. The summed E-state index contributed by atoms with van der Waals surface area (Å²) in [5.74, 6) is -1.73. The average Bonchev–Trinajstić information content (AvgIpc) is 2.93. The third-order valence-electron chi connectivity index (χ3n) is 6.68. The molecular weight excluding hydrogens is 572 g/mol. The number of rotatable bonds is 14. The number of benzene rings is 1. The number of esters is 2. The molecule has 2 N–H and O–H groups in total. The van der Waals surface area contributed by atoms with Gasteiger partial charge >= 0.3 is 18.0 Å². The lowest BCUT2D eigenvalue weighted by atomic mass is 9.96. The van der Waals surface area contributed by atoms with Crippen LogP contribution in [0.2, 0.25) is 0 Å². The number of hydrogen-bond donors (Lipinski definition) is 2. The highest BCUT2D eigenvalue weighted by Gasteiger charge is 2.35. The summed E-state index contributed by atoms with van der Waals surface area (Å²) in [7, 11) is 0. The maximum atomic E-state index is 13.1. The van der Waals surface area contributed by atoms with Crippen LogP contribution in [0.5, 0.6) is 11.5 Å². The van der Waals surface area contributed by atoms with Crippen molar-refractivity contribution in [2.24, 2.45) is 17.8 Å². The minimum Gasteiger partial charge on any atom is -0.490 e. The van der Waals surface area contributed by atoms with Crippen LogP contribution in [0.25, 0.3) is 0 Å². The van der Waals surface area contributed by atoms with Crippen LogP contribution in [-0.2, 0) is 33.3 Å². The van der Waals surface area contributed by atoms with Crippen molar-refractivity contribution in [3.63, 3.8) is 0 Å². The fraction of sp³-hybridized carbons (Fsp3) is 0.688. The van der Waals surface area contributed by atoms with Gasteiger partial charge in [-0.3, -0.25) is 9.59 Å². The van der Waals surface area contributed by atoms with E-state index in [2.05, 4.69) is 10.6 Å². The Balaban J connectivity index is 1.92. The number of alkyl carbamates (subject to hydrolysis) is 1. The highest BCUT2D eigenvalue weighted by Crippen LogP contribution is 2.28. The Bertz CT molecular complexity index is 1100. The van der Waals surface area contributed by atoms with E-state index in [-0.39, 0.29) is 24.5 Å². The molecular formula is C32H50N2O10. The molecule has 0 spiro atoms. The topological polar surface area (TPSA) is 148 Å². The molecule has 5 atom stereocenters. The van der Waals surface area contributed by atoms with Crippen molar-refractivity contribution in [1.82, 2.24) is 10.6 Å². The number of hydrogen-bond acceptors (Lipinski definition) is 10. The molecule has 1 fully saturated rings. The molecule has 0 bridgehead atoms. The quantitative estimate of drug-likeness (QED) is 0.226. The van der Waals surface area contributed by atoms with Crippen LogP contribution >= 0.6 is 0 Å². The molecule has 1 heterocycles. The first-order valence-electron chi connectivity index (χ1n) is 15.3. The first-order chi connectivity index (χ1) is 20.6. The van der Waals surface area contributed by atoms with Crippen molar-refractivity contribution in [1.29, 1.82) is 0 Å². The molecule has 248 valence electrons. The zero-order chi connectivity index (χ0) is 33.0. The van der Waals surface area contributed by atoms with Crippen molar-refractivity contribution < 1.29 is 47.6 Å². The van der Waals surface area contributed by atoms with Gasteiger partial charge in [-0.05, 0) is 64.5 Å². The van der Waals surface area contributed by atoms with Crippen LogP contribution in [0.3, 0.4) is 0 Å². The van der Waals surface area contributed by atoms with E-state index in [1.807, 2.05) is 31.2 Å². The molecule has 1 aromatic rings.